The number of carbonyl (C=O) groups excluding carboxylic acids is 1. The van der Waals surface area contributed by atoms with E-state index in [1.54, 1.807) is 0 Å². The zero-order chi connectivity index (χ0) is 11.8. The SMILES string of the molecule is Cc1ccc2c(c1)OCc1ccccc1C2=O. The lowest BCUT2D eigenvalue weighted by Crippen LogP contribution is -2.02. The van der Waals surface area contributed by atoms with Gasteiger partial charge in [0.1, 0.15) is 12.4 Å². The van der Waals surface area contributed by atoms with Crippen molar-refractivity contribution in [3.63, 3.8) is 0 Å². The molecule has 0 saturated heterocycles. The van der Waals surface area contributed by atoms with Crippen LogP contribution in [0, 0.1) is 6.92 Å². The molecule has 0 fully saturated rings. The molecule has 2 heteroatoms. The van der Waals surface area contributed by atoms with Gasteiger partial charge in [0.25, 0.3) is 0 Å². The van der Waals surface area contributed by atoms with Crippen molar-refractivity contribution < 1.29 is 9.53 Å². The topological polar surface area (TPSA) is 26.3 Å². The van der Waals surface area contributed by atoms with Crippen molar-refractivity contribution in [1.82, 2.24) is 0 Å². The third-order valence-corrected chi connectivity index (χ3v) is 3.03. The van der Waals surface area contributed by atoms with Crippen LogP contribution in [-0.4, -0.2) is 5.78 Å². The molecule has 0 radical (unpaired) electrons. The van der Waals surface area contributed by atoms with Crippen LogP contribution < -0.4 is 4.74 Å². The molecular weight excluding hydrogens is 212 g/mol. The lowest BCUT2D eigenvalue weighted by Gasteiger charge is -2.06. The molecule has 84 valence electrons. The van der Waals surface area contributed by atoms with Gasteiger partial charge < -0.3 is 4.74 Å². The molecular formula is C15H12O2. The lowest BCUT2D eigenvalue weighted by molar-refractivity contribution is 0.103. The molecule has 0 aliphatic carbocycles. The van der Waals surface area contributed by atoms with E-state index in [0.29, 0.717) is 17.9 Å². The van der Waals surface area contributed by atoms with Crippen molar-refractivity contribution in [2.45, 2.75) is 13.5 Å². The summed E-state index contributed by atoms with van der Waals surface area (Å²) >= 11 is 0. The van der Waals surface area contributed by atoms with E-state index < -0.39 is 0 Å². The van der Waals surface area contributed by atoms with E-state index >= 15 is 0 Å². The van der Waals surface area contributed by atoms with Gasteiger partial charge in [0.05, 0.1) is 5.56 Å². The zero-order valence-corrected chi connectivity index (χ0v) is 9.57. The number of rotatable bonds is 0. The maximum Gasteiger partial charge on any atom is 0.197 e. The van der Waals surface area contributed by atoms with Gasteiger partial charge in [-0.05, 0) is 24.6 Å². The minimum absolute atomic E-state index is 0.0492. The fourth-order valence-electron chi connectivity index (χ4n) is 2.10. The van der Waals surface area contributed by atoms with E-state index in [2.05, 4.69) is 0 Å². The first-order valence-electron chi connectivity index (χ1n) is 5.62. The molecule has 3 rings (SSSR count). The van der Waals surface area contributed by atoms with Gasteiger partial charge in [-0.3, -0.25) is 4.79 Å². The van der Waals surface area contributed by atoms with Gasteiger partial charge in [-0.1, -0.05) is 30.3 Å². The summed E-state index contributed by atoms with van der Waals surface area (Å²) in [5.41, 5.74) is 3.45. The summed E-state index contributed by atoms with van der Waals surface area (Å²) in [7, 11) is 0. The van der Waals surface area contributed by atoms with E-state index in [-0.39, 0.29) is 5.78 Å². The summed E-state index contributed by atoms with van der Waals surface area (Å²) in [6, 6.07) is 13.3. The van der Waals surface area contributed by atoms with Crippen LogP contribution in [0.2, 0.25) is 0 Å². The summed E-state index contributed by atoms with van der Waals surface area (Å²) in [5.74, 6) is 0.735. The molecule has 2 nitrogen and oxygen atoms in total. The molecule has 0 saturated carbocycles. The highest BCUT2D eigenvalue weighted by molar-refractivity contribution is 6.12. The third-order valence-electron chi connectivity index (χ3n) is 3.03. The van der Waals surface area contributed by atoms with Crippen molar-refractivity contribution in [3.05, 3.63) is 64.7 Å². The van der Waals surface area contributed by atoms with Crippen LogP contribution >= 0.6 is 0 Å². The van der Waals surface area contributed by atoms with Gasteiger partial charge in [0.15, 0.2) is 5.78 Å². The standard InChI is InChI=1S/C15H12O2/c1-10-6-7-13-14(8-10)17-9-11-4-2-3-5-12(11)15(13)16/h2-8H,9H2,1H3. The van der Waals surface area contributed by atoms with Gasteiger partial charge in [0.2, 0.25) is 0 Å². The van der Waals surface area contributed by atoms with Crippen LogP contribution in [-0.2, 0) is 6.61 Å². The minimum atomic E-state index is 0.0492. The summed E-state index contributed by atoms with van der Waals surface area (Å²) in [6.45, 7) is 2.45. The fourth-order valence-corrected chi connectivity index (χ4v) is 2.10. The Morgan fingerprint density at radius 2 is 1.88 bits per heavy atom. The first kappa shape index (κ1) is 10.1. The number of hydrogen-bond donors (Lipinski definition) is 0. The first-order chi connectivity index (χ1) is 8.25. The van der Waals surface area contributed by atoms with Gasteiger partial charge in [-0.2, -0.15) is 0 Å². The van der Waals surface area contributed by atoms with Gasteiger partial charge in [0, 0.05) is 11.1 Å². The Kier molecular flexibility index (Phi) is 2.22. The van der Waals surface area contributed by atoms with Crippen LogP contribution in [0.1, 0.15) is 27.0 Å². The highest BCUT2D eigenvalue weighted by Crippen LogP contribution is 2.28. The highest BCUT2D eigenvalue weighted by Gasteiger charge is 2.21. The molecule has 1 heterocycles. The maximum atomic E-state index is 12.4. The van der Waals surface area contributed by atoms with Crippen LogP contribution in [0.5, 0.6) is 5.75 Å². The van der Waals surface area contributed by atoms with Crippen LogP contribution in [0.25, 0.3) is 0 Å². The maximum absolute atomic E-state index is 12.4. The average molecular weight is 224 g/mol. The number of fused-ring (bicyclic) bond motifs is 2. The fraction of sp³-hybridized carbons (Fsp3) is 0.133. The van der Waals surface area contributed by atoms with Crippen LogP contribution in [0.3, 0.4) is 0 Å². The molecule has 2 aromatic rings. The molecule has 0 amide bonds. The Hall–Kier alpha value is -2.09. The van der Waals surface area contributed by atoms with Gasteiger partial charge in [-0.25, -0.2) is 0 Å². The molecule has 0 atom stereocenters. The molecule has 17 heavy (non-hydrogen) atoms. The Bertz CT molecular complexity index is 600. The number of ether oxygens (including phenoxy) is 1. The number of aryl methyl sites for hydroxylation is 1. The summed E-state index contributed by atoms with van der Waals surface area (Å²) in [6.07, 6.45) is 0. The van der Waals surface area contributed by atoms with Crippen molar-refractivity contribution in [2.75, 3.05) is 0 Å². The Morgan fingerprint density at radius 1 is 1.06 bits per heavy atom. The molecule has 1 aliphatic rings. The summed E-state index contributed by atoms with van der Waals surface area (Å²) < 4.78 is 5.71. The largest absolute Gasteiger partial charge is 0.488 e. The predicted octanol–water partition coefficient (Wildman–Crippen LogP) is 3.12. The van der Waals surface area contributed by atoms with E-state index in [1.807, 2.05) is 49.4 Å². The molecule has 0 spiro atoms. The third kappa shape index (κ3) is 1.62. The van der Waals surface area contributed by atoms with Crippen molar-refractivity contribution in [1.29, 1.82) is 0 Å². The second-order valence-electron chi connectivity index (χ2n) is 4.27. The zero-order valence-electron chi connectivity index (χ0n) is 9.57. The average Bonchev–Trinajstić information content (AvgIpc) is 2.48. The normalized spacial score (nSPS) is 13.4. The Labute approximate surface area is 99.9 Å². The first-order valence-corrected chi connectivity index (χ1v) is 5.62. The molecule has 1 aliphatic heterocycles. The molecule has 0 unspecified atom stereocenters. The monoisotopic (exact) mass is 224 g/mol. The van der Waals surface area contributed by atoms with Crippen molar-refractivity contribution >= 4 is 5.78 Å². The van der Waals surface area contributed by atoms with Gasteiger partial charge >= 0.3 is 0 Å². The van der Waals surface area contributed by atoms with Crippen molar-refractivity contribution in [3.8, 4) is 5.75 Å². The molecule has 0 bridgehead atoms. The van der Waals surface area contributed by atoms with Crippen LogP contribution in [0.4, 0.5) is 0 Å². The quantitative estimate of drug-likeness (QED) is 0.687. The van der Waals surface area contributed by atoms with E-state index in [0.717, 1.165) is 16.7 Å². The Balaban J connectivity index is 2.20. The number of hydrogen-bond acceptors (Lipinski definition) is 2. The minimum Gasteiger partial charge on any atom is -0.488 e. The number of ketones is 1. The molecule has 0 aromatic heterocycles. The molecule has 2 aromatic carbocycles. The smallest absolute Gasteiger partial charge is 0.197 e. The second kappa shape index (κ2) is 3.74. The van der Waals surface area contributed by atoms with E-state index in [1.165, 1.54) is 0 Å². The van der Waals surface area contributed by atoms with Gasteiger partial charge in [-0.15, -0.1) is 0 Å². The summed E-state index contributed by atoms with van der Waals surface area (Å²) in [5, 5.41) is 0. The van der Waals surface area contributed by atoms with Crippen molar-refractivity contribution in [2.24, 2.45) is 0 Å². The van der Waals surface area contributed by atoms with E-state index in [4.69, 9.17) is 4.74 Å². The highest BCUT2D eigenvalue weighted by atomic mass is 16.5. The number of benzene rings is 2. The van der Waals surface area contributed by atoms with E-state index in [9.17, 15) is 4.79 Å². The predicted molar refractivity (Wildman–Crippen MR) is 65.4 cm³/mol. The number of carbonyl (C=O) groups is 1. The Morgan fingerprint density at radius 3 is 2.76 bits per heavy atom. The van der Waals surface area contributed by atoms with Crippen LogP contribution in [0.15, 0.2) is 42.5 Å². The second-order valence-corrected chi connectivity index (χ2v) is 4.27. The lowest BCUT2D eigenvalue weighted by atomic mass is 9.99. The summed E-state index contributed by atoms with van der Waals surface area (Å²) in [4.78, 5) is 12.4. The molecule has 0 N–H and O–H groups in total.